The van der Waals surface area contributed by atoms with Gasteiger partial charge in [-0.05, 0) is 18.1 Å². The largest absolute Gasteiger partial charge is 0.368 e. The molecule has 0 saturated heterocycles. The topological polar surface area (TPSA) is 72.2 Å². The zero-order valence-corrected chi connectivity index (χ0v) is 15.5. The van der Waals surface area contributed by atoms with Gasteiger partial charge in [0.05, 0.1) is 10.0 Å². The first-order chi connectivity index (χ1) is 10.8. The quantitative estimate of drug-likeness (QED) is 0.785. The van der Waals surface area contributed by atoms with Gasteiger partial charge in [-0.25, -0.2) is 0 Å². The first-order valence-corrected chi connectivity index (χ1v) is 8.88. The first kappa shape index (κ1) is 18.3. The number of rotatable bonds is 5. The van der Waals surface area contributed by atoms with E-state index in [2.05, 4.69) is 5.32 Å². The minimum absolute atomic E-state index is 0.0809. The van der Waals surface area contributed by atoms with Crippen LogP contribution in [0.25, 0.3) is 10.1 Å². The molecule has 0 aliphatic heterocycles. The van der Waals surface area contributed by atoms with E-state index in [1.807, 2.05) is 13.8 Å². The summed E-state index contributed by atoms with van der Waals surface area (Å²) in [6, 6.07) is 2.50. The Labute approximate surface area is 152 Å². The van der Waals surface area contributed by atoms with E-state index in [4.69, 9.17) is 40.5 Å². The van der Waals surface area contributed by atoms with Gasteiger partial charge in [-0.2, -0.15) is 0 Å². The fourth-order valence-corrected chi connectivity index (χ4v) is 4.48. The number of amides is 2. The predicted molar refractivity (Wildman–Crippen MR) is 96.8 cm³/mol. The highest BCUT2D eigenvalue weighted by Gasteiger charge is 2.27. The van der Waals surface area contributed by atoms with Crippen LogP contribution in [0.5, 0.6) is 0 Å². The molecule has 1 heterocycles. The van der Waals surface area contributed by atoms with Crippen molar-refractivity contribution in [1.82, 2.24) is 5.32 Å². The van der Waals surface area contributed by atoms with E-state index in [0.717, 1.165) is 0 Å². The van der Waals surface area contributed by atoms with Gasteiger partial charge in [0, 0.05) is 15.1 Å². The van der Waals surface area contributed by atoms with Gasteiger partial charge in [0.15, 0.2) is 0 Å². The molecule has 0 aliphatic rings. The number of hydrogen-bond acceptors (Lipinski definition) is 3. The van der Waals surface area contributed by atoms with Crippen LogP contribution in [0.4, 0.5) is 0 Å². The van der Waals surface area contributed by atoms with Gasteiger partial charge < -0.3 is 11.1 Å². The molecule has 2 amide bonds. The summed E-state index contributed by atoms with van der Waals surface area (Å²) in [5.41, 5.74) is 5.37. The van der Waals surface area contributed by atoms with Crippen LogP contribution >= 0.6 is 46.1 Å². The molecule has 1 aromatic carbocycles. The van der Waals surface area contributed by atoms with Crippen molar-refractivity contribution in [2.75, 3.05) is 0 Å². The van der Waals surface area contributed by atoms with Gasteiger partial charge in [0.25, 0.3) is 5.91 Å². The van der Waals surface area contributed by atoms with E-state index < -0.39 is 17.9 Å². The van der Waals surface area contributed by atoms with Crippen molar-refractivity contribution in [2.45, 2.75) is 26.3 Å². The number of carbonyl (C=O) groups is 2. The highest BCUT2D eigenvalue weighted by atomic mass is 35.5. The number of primary amides is 1. The number of fused-ring (bicyclic) bond motifs is 1. The number of thiophene rings is 1. The molecule has 0 bridgehead atoms. The van der Waals surface area contributed by atoms with Crippen LogP contribution in [0.2, 0.25) is 15.1 Å². The number of benzene rings is 1. The maximum atomic E-state index is 12.5. The number of nitrogens with one attached hydrogen (secondary N) is 1. The molecule has 2 unspecified atom stereocenters. The number of nitrogens with two attached hydrogens (primary N) is 1. The Hall–Kier alpha value is -1.01. The van der Waals surface area contributed by atoms with E-state index in [1.54, 1.807) is 12.1 Å². The van der Waals surface area contributed by atoms with Gasteiger partial charge >= 0.3 is 0 Å². The van der Waals surface area contributed by atoms with Crippen molar-refractivity contribution in [2.24, 2.45) is 11.7 Å². The smallest absolute Gasteiger partial charge is 0.263 e. The summed E-state index contributed by atoms with van der Waals surface area (Å²) in [6.07, 6.45) is 0.704. The van der Waals surface area contributed by atoms with Crippen LogP contribution in [0.1, 0.15) is 29.9 Å². The zero-order valence-electron chi connectivity index (χ0n) is 12.5. The molecule has 1 aromatic heterocycles. The molecule has 0 radical (unpaired) electrons. The standard InChI is InChI=1S/C15H15Cl3N2O2S/c1-3-6(2)12(14(19)21)20-15(22)13-11(18)10-8(17)4-7(16)5-9(10)23-13/h4-6,12H,3H2,1-2H3,(H2,19,21)(H,20,22). The first-order valence-electron chi connectivity index (χ1n) is 6.93. The average molecular weight is 394 g/mol. The van der Waals surface area contributed by atoms with Crippen LogP contribution in [0.15, 0.2) is 12.1 Å². The molecular weight excluding hydrogens is 379 g/mol. The average Bonchev–Trinajstić information content (AvgIpc) is 2.80. The molecule has 0 saturated carbocycles. The third-order valence-corrected chi connectivity index (χ3v) is 5.80. The van der Waals surface area contributed by atoms with Crippen molar-refractivity contribution in [3.63, 3.8) is 0 Å². The van der Waals surface area contributed by atoms with Gasteiger partial charge in [0.2, 0.25) is 5.91 Å². The lowest BCUT2D eigenvalue weighted by Gasteiger charge is -2.20. The van der Waals surface area contributed by atoms with Crippen LogP contribution in [-0.2, 0) is 4.79 Å². The summed E-state index contributed by atoms with van der Waals surface area (Å²) in [4.78, 5) is 24.3. The van der Waals surface area contributed by atoms with Gasteiger partial charge in [-0.1, -0.05) is 55.1 Å². The van der Waals surface area contributed by atoms with E-state index in [1.165, 1.54) is 11.3 Å². The Kier molecular flexibility index (Phi) is 5.79. The Morgan fingerprint density at radius 2 is 1.96 bits per heavy atom. The van der Waals surface area contributed by atoms with Crippen LogP contribution in [0.3, 0.4) is 0 Å². The number of halogens is 3. The second-order valence-corrected chi connectivity index (χ2v) is 7.52. The summed E-state index contributed by atoms with van der Waals surface area (Å²) < 4.78 is 0.705. The maximum Gasteiger partial charge on any atom is 0.263 e. The Bertz CT molecular complexity index is 776. The highest BCUT2D eigenvalue weighted by Crippen LogP contribution is 2.41. The second-order valence-electron chi connectivity index (χ2n) is 5.24. The third-order valence-electron chi connectivity index (χ3n) is 3.66. The summed E-state index contributed by atoms with van der Waals surface area (Å²) in [5, 5.41) is 4.31. The molecule has 124 valence electrons. The van der Waals surface area contributed by atoms with E-state index >= 15 is 0 Å². The molecule has 23 heavy (non-hydrogen) atoms. The summed E-state index contributed by atoms with van der Waals surface area (Å²) in [6.45, 7) is 3.76. The van der Waals surface area contributed by atoms with E-state index in [9.17, 15) is 9.59 Å². The lowest BCUT2D eigenvalue weighted by Crippen LogP contribution is -2.48. The minimum atomic E-state index is -0.757. The molecule has 2 rings (SSSR count). The number of carbonyl (C=O) groups excluding carboxylic acids is 2. The van der Waals surface area contributed by atoms with E-state index in [0.29, 0.717) is 26.6 Å². The molecule has 8 heteroatoms. The zero-order chi connectivity index (χ0) is 17.3. The minimum Gasteiger partial charge on any atom is -0.368 e. The lowest BCUT2D eigenvalue weighted by atomic mass is 9.98. The lowest BCUT2D eigenvalue weighted by molar-refractivity contribution is -0.120. The van der Waals surface area contributed by atoms with Gasteiger partial charge in [-0.3, -0.25) is 9.59 Å². The van der Waals surface area contributed by atoms with Crippen molar-refractivity contribution >= 4 is 68.0 Å². The fraction of sp³-hybridized carbons (Fsp3) is 0.333. The summed E-state index contributed by atoms with van der Waals surface area (Å²) in [7, 11) is 0. The molecule has 4 nitrogen and oxygen atoms in total. The molecule has 0 spiro atoms. The second kappa shape index (κ2) is 7.26. The van der Waals surface area contributed by atoms with Gasteiger partial charge in [0.1, 0.15) is 10.9 Å². The van der Waals surface area contributed by atoms with Crippen LogP contribution < -0.4 is 11.1 Å². The van der Waals surface area contributed by atoms with Crippen molar-refractivity contribution in [1.29, 1.82) is 0 Å². The van der Waals surface area contributed by atoms with Crippen molar-refractivity contribution in [3.8, 4) is 0 Å². The predicted octanol–water partition coefficient (Wildman–Crippen LogP) is 4.49. The van der Waals surface area contributed by atoms with Gasteiger partial charge in [-0.15, -0.1) is 11.3 Å². The third kappa shape index (κ3) is 3.74. The summed E-state index contributed by atoms with van der Waals surface area (Å²) in [5.74, 6) is -1.11. The van der Waals surface area contributed by atoms with Crippen molar-refractivity contribution < 1.29 is 9.59 Å². The Morgan fingerprint density at radius 1 is 1.30 bits per heavy atom. The Morgan fingerprint density at radius 3 is 2.52 bits per heavy atom. The van der Waals surface area contributed by atoms with Crippen LogP contribution in [-0.4, -0.2) is 17.9 Å². The molecule has 2 atom stereocenters. The van der Waals surface area contributed by atoms with Crippen LogP contribution in [0, 0.1) is 5.92 Å². The SMILES string of the molecule is CCC(C)C(NC(=O)c1sc2cc(Cl)cc(Cl)c2c1Cl)C(N)=O. The highest BCUT2D eigenvalue weighted by molar-refractivity contribution is 7.21. The van der Waals surface area contributed by atoms with E-state index in [-0.39, 0.29) is 15.8 Å². The summed E-state index contributed by atoms with van der Waals surface area (Å²) >= 11 is 19.6. The monoisotopic (exact) mass is 392 g/mol. The molecule has 0 aliphatic carbocycles. The fourth-order valence-electron chi connectivity index (χ4n) is 2.19. The molecule has 3 N–H and O–H groups in total. The molecule has 2 aromatic rings. The normalized spacial score (nSPS) is 13.8. The molecular formula is C15H15Cl3N2O2S. The number of hydrogen-bond donors (Lipinski definition) is 2. The maximum absolute atomic E-state index is 12.5. The van der Waals surface area contributed by atoms with Crippen molar-refractivity contribution in [3.05, 3.63) is 32.1 Å². The molecule has 0 fully saturated rings. The Balaban J connectivity index is 2.40.